The van der Waals surface area contributed by atoms with E-state index in [4.69, 9.17) is 14.7 Å². The molecule has 0 aromatic rings. The molecular weight excluding hydrogens is 352 g/mol. The van der Waals surface area contributed by atoms with Gasteiger partial charge in [0.05, 0.1) is 0 Å². The Bertz CT molecular complexity index is 333. The Morgan fingerprint density at radius 1 is 0.714 bits per heavy atom. The lowest BCUT2D eigenvalue weighted by atomic mass is 10.1. The van der Waals surface area contributed by atoms with Gasteiger partial charge in [0.25, 0.3) is 0 Å². The molecule has 0 saturated heterocycles. The number of hydrogen-bond acceptors (Lipinski definition) is 3. The van der Waals surface area contributed by atoms with Gasteiger partial charge in [-0.2, -0.15) is 9.59 Å². The second-order valence-electron chi connectivity index (χ2n) is 7.25. The minimum absolute atomic E-state index is 0.250. The lowest BCUT2D eigenvalue weighted by Crippen LogP contribution is -1.93. The third-order valence-corrected chi connectivity index (χ3v) is 4.51. The zero-order valence-corrected chi connectivity index (χ0v) is 18.7. The zero-order chi connectivity index (χ0) is 21.7. The van der Waals surface area contributed by atoms with Crippen molar-refractivity contribution in [3.8, 4) is 0 Å². The quantitative estimate of drug-likeness (QED) is 0.189. The molecule has 0 aromatic carbocycles. The highest BCUT2D eigenvalue weighted by atomic mass is 16.4. The minimum atomic E-state index is -0.659. The number of rotatable bonds is 18. The van der Waals surface area contributed by atoms with Gasteiger partial charge < -0.3 is 5.11 Å². The van der Waals surface area contributed by atoms with Gasteiger partial charge in [-0.1, -0.05) is 110 Å². The second kappa shape index (κ2) is 33.2. The van der Waals surface area contributed by atoms with Crippen LogP contribution in [0.2, 0.25) is 0 Å². The molecule has 0 aromatic heterocycles. The monoisotopic (exact) mass is 398 g/mol. The first-order chi connectivity index (χ1) is 13.6. The van der Waals surface area contributed by atoms with Gasteiger partial charge >= 0.3 is 12.1 Å². The molecule has 0 saturated carbocycles. The molecule has 0 fully saturated rings. The molecule has 0 aliphatic carbocycles. The molecule has 1 N–H and O–H groups in total. The zero-order valence-electron chi connectivity index (χ0n) is 18.7. The molecule has 0 radical (unpaired) electrons. The maximum atomic E-state index is 10.2. The van der Waals surface area contributed by atoms with Crippen molar-refractivity contribution in [3.63, 3.8) is 0 Å². The number of allylic oxidation sites excluding steroid dienone is 1. The lowest BCUT2D eigenvalue weighted by molar-refractivity contribution is -0.191. The Balaban J connectivity index is -0.000000399. The molecule has 4 nitrogen and oxygen atoms in total. The highest BCUT2D eigenvalue weighted by Crippen LogP contribution is 2.10. The topological polar surface area (TPSA) is 71.4 Å². The van der Waals surface area contributed by atoms with Crippen molar-refractivity contribution in [1.82, 2.24) is 0 Å². The molecule has 0 atom stereocenters. The molecule has 0 heterocycles. The third-order valence-electron chi connectivity index (χ3n) is 4.51. The predicted octanol–water partition coefficient (Wildman–Crippen LogP) is 7.72. The third kappa shape index (κ3) is 44.2. The maximum Gasteiger partial charge on any atom is 0.373 e. The number of carbonyl (C=O) groups is 1. The SMILES string of the molecule is C=CCCCCCCCCC.CCCCCCCCCCCC(=O)O.O=C=O. The van der Waals surface area contributed by atoms with E-state index < -0.39 is 5.97 Å². The average molecular weight is 399 g/mol. The summed E-state index contributed by atoms with van der Waals surface area (Å²) in [5.74, 6) is -0.659. The van der Waals surface area contributed by atoms with Crippen LogP contribution in [0.1, 0.15) is 129 Å². The van der Waals surface area contributed by atoms with Crippen LogP contribution in [0.5, 0.6) is 0 Å². The van der Waals surface area contributed by atoms with Crippen LogP contribution >= 0.6 is 0 Å². The highest BCUT2D eigenvalue weighted by molar-refractivity contribution is 5.66. The Labute approximate surface area is 174 Å². The summed E-state index contributed by atoms with van der Waals surface area (Å²) in [4.78, 5) is 26.5. The summed E-state index contributed by atoms with van der Waals surface area (Å²) < 4.78 is 0. The van der Waals surface area contributed by atoms with Crippen molar-refractivity contribution in [2.24, 2.45) is 0 Å². The summed E-state index contributed by atoms with van der Waals surface area (Å²) in [5.41, 5.74) is 0. The number of carbonyl (C=O) groups excluding carboxylic acids is 2. The summed E-state index contributed by atoms with van der Waals surface area (Å²) in [5, 5.41) is 8.41. The van der Waals surface area contributed by atoms with Gasteiger partial charge in [-0.15, -0.1) is 6.58 Å². The second-order valence-corrected chi connectivity index (χ2v) is 7.25. The van der Waals surface area contributed by atoms with Crippen molar-refractivity contribution >= 4 is 12.1 Å². The van der Waals surface area contributed by atoms with Crippen LogP contribution in [0.25, 0.3) is 0 Å². The van der Waals surface area contributed by atoms with Gasteiger partial charge in [0.2, 0.25) is 0 Å². The van der Waals surface area contributed by atoms with E-state index in [2.05, 4.69) is 20.4 Å². The fourth-order valence-electron chi connectivity index (χ4n) is 2.83. The van der Waals surface area contributed by atoms with Crippen LogP contribution in [0.15, 0.2) is 12.7 Å². The summed E-state index contributed by atoms with van der Waals surface area (Å²) in [6, 6.07) is 0. The molecule has 0 unspecified atom stereocenters. The summed E-state index contributed by atoms with van der Waals surface area (Å²) in [6.07, 6.45) is 24.8. The van der Waals surface area contributed by atoms with Crippen LogP contribution in [-0.4, -0.2) is 17.2 Å². The van der Waals surface area contributed by atoms with E-state index in [1.807, 2.05) is 6.08 Å². The first kappa shape index (κ1) is 31.3. The fraction of sp³-hybridized carbons (Fsp3) is 0.833. The van der Waals surface area contributed by atoms with Gasteiger partial charge in [-0.05, 0) is 19.3 Å². The summed E-state index contributed by atoms with van der Waals surface area (Å²) in [6.45, 7) is 8.20. The fourth-order valence-corrected chi connectivity index (χ4v) is 2.83. The maximum absolute atomic E-state index is 10.2. The molecule has 0 spiro atoms. The molecule has 0 amide bonds. The van der Waals surface area contributed by atoms with E-state index in [1.54, 1.807) is 0 Å². The molecule has 0 aliphatic heterocycles. The van der Waals surface area contributed by atoms with Crippen molar-refractivity contribution < 1.29 is 19.5 Å². The number of carboxylic acid groups (broad SMARTS) is 1. The van der Waals surface area contributed by atoms with E-state index in [-0.39, 0.29) is 6.15 Å². The first-order valence-electron chi connectivity index (χ1n) is 11.4. The van der Waals surface area contributed by atoms with Crippen LogP contribution in [0.4, 0.5) is 0 Å². The average Bonchev–Trinajstić information content (AvgIpc) is 2.67. The Hall–Kier alpha value is -1.41. The van der Waals surface area contributed by atoms with Crippen molar-refractivity contribution in [3.05, 3.63) is 12.7 Å². The Kier molecular flexibility index (Phi) is 37.1. The van der Waals surface area contributed by atoms with Crippen LogP contribution in [-0.2, 0) is 14.4 Å². The highest BCUT2D eigenvalue weighted by Gasteiger charge is 1.96. The van der Waals surface area contributed by atoms with Gasteiger partial charge in [0, 0.05) is 6.42 Å². The molecular formula is C24H46O4. The van der Waals surface area contributed by atoms with Crippen LogP contribution in [0, 0.1) is 0 Å². The van der Waals surface area contributed by atoms with Crippen LogP contribution in [0.3, 0.4) is 0 Å². The van der Waals surface area contributed by atoms with E-state index in [0.29, 0.717) is 6.42 Å². The number of hydrogen-bond donors (Lipinski definition) is 1. The number of carboxylic acids is 1. The van der Waals surface area contributed by atoms with Crippen molar-refractivity contribution in [2.45, 2.75) is 129 Å². The van der Waals surface area contributed by atoms with Gasteiger partial charge in [0.1, 0.15) is 0 Å². The number of unbranched alkanes of at least 4 members (excludes halogenated alkanes) is 15. The van der Waals surface area contributed by atoms with E-state index in [1.165, 1.54) is 96.3 Å². The van der Waals surface area contributed by atoms with Gasteiger partial charge in [0.15, 0.2) is 0 Å². The Morgan fingerprint density at radius 3 is 1.36 bits per heavy atom. The van der Waals surface area contributed by atoms with E-state index in [0.717, 1.165) is 12.8 Å². The molecule has 0 rings (SSSR count). The first-order valence-corrected chi connectivity index (χ1v) is 11.4. The standard InChI is InChI=1S/C12H24O2.C11H22.CO2/c1-2-3-4-5-6-7-8-9-10-11-12(13)14;1-3-5-7-9-11-10-8-6-4-2;2-1-3/h2-11H2,1H3,(H,13,14);3H,1,4-11H2,2H3;. The van der Waals surface area contributed by atoms with Gasteiger partial charge in [-0.25, -0.2) is 0 Å². The number of aliphatic carboxylic acids is 1. The smallest absolute Gasteiger partial charge is 0.373 e. The molecule has 4 heteroatoms. The lowest BCUT2D eigenvalue weighted by Gasteiger charge is -2.00. The van der Waals surface area contributed by atoms with Crippen molar-refractivity contribution in [2.75, 3.05) is 0 Å². The molecule has 0 bridgehead atoms. The predicted molar refractivity (Wildman–Crippen MR) is 117 cm³/mol. The molecule has 0 aliphatic rings. The van der Waals surface area contributed by atoms with E-state index >= 15 is 0 Å². The van der Waals surface area contributed by atoms with Crippen molar-refractivity contribution in [1.29, 1.82) is 0 Å². The largest absolute Gasteiger partial charge is 0.481 e. The van der Waals surface area contributed by atoms with E-state index in [9.17, 15) is 4.79 Å². The molecule has 166 valence electrons. The van der Waals surface area contributed by atoms with Gasteiger partial charge in [-0.3, -0.25) is 4.79 Å². The normalized spacial score (nSPS) is 9.36. The minimum Gasteiger partial charge on any atom is -0.481 e. The summed E-state index contributed by atoms with van der Waals surface area (Å²) >= 11 is 0. The molecule has 28 heavy (non-hydrogen) atoms. The Morgan fingerprint density at radius 2 is 1.04 bits per heavy atom. The van der Waals surface area contributed by atoms with Crippen LogP contribution < -0.4 is 0 Å². The summed E-state index contributed by atoms with van der Waals surface area (Å²) in [7, 11) is 0.